The van der Waals surface area contributed by atoms with Gasteiger partial charge in [-0.1, -0.05) is 27.5 Å². The fourth-order valence-electron chi connectivity index (χ4n) is 0.792. The summed E-state index contributed by atoms with van der Waals surface area (Å²) in [6.45, 7) is 0. The molecule has 1 nitrogen and oxygen atoms in total. The van der Waals surface area contributed by atoms with Crippen LogP contribution in [0.1, 0.15) is 17.6 Å². The van der Waals surface area contributed by atoms with Gasteiger partial charge in [-0.25, -0.2) is 18.2 Å². The van der Waals surface area contributed by atoms with Crippen LogP contribution in [-0.4, -0.2) is 4.98 Å². The van der Waals surface area contributed by atoms with E-state index in [4.69, 9.17) is 11.6 Å². The molecule has 0 spiro atoms. The quantitative estimate of drug-likeness (QED) is 0.592. The minimum atomic E-state index is -2.87. The minimum Gasteiger partial charge on any atom is -0.244 e. The molecule has 1 heterocycles. The first-order valence-electron chi connectivity index (χ1n) is 3.24. The van der Waals surface area contributed by atoms with Gasteiger partial charge in [-0.15, -0.1) is 0 Å². The predicted molar refractivity (Wildman–Crippen MR) is 46.8 cm³/mol. The number of hydrogen-bond acceptors (Lipinski definition) is 1. The van der Waals surface area contributed by atoms with Gasteiger partial charge in [0.15, 0.2) is 0 Å². The Balaban J connectivity index is 3.27. The zero-order chi connectivity index (χ0) is 10.0. The van der Waals surface area contributed by atoms with Crippen LogP contribution in [0.4, 0.5) is 13.2 Å². The molecule has 72 valence electrons. The Morgan fingerprint density at radius 3 is 2.62 bits per heavy atom. The average Bonchev–Trinajstić information content (AvgIpc) is 2.04. The van der Waals surface area contributed by atoms with E-state index in [0.717, 1.165) is 6.20 Å². The molecule has 0 atom stereocenters. The smallest absolute Gasteiger partial charge is 0.244 e. The lowest BCUT2D eigenvalue weighted by Gasteiger charge is -2.05. The van der Waals surface area contributed by atoms with Crippen molar-refractivity contribution in [3.63, 3.8) is 0 Å². The molecule has 0 N–H and O–H groups in total. The second-order valence-corrected chi connectivity index (χ2v) is 3.15. The summed E-state index contributed by atoms with van der Waals surface area (Å²) in [7, 11) is 0. The third-order valence-corrected chi connectivity index (χ3v) is 2.34. The maximum atomic E-state index is 13.2. The monoisotopic (exact) mass is 273 g/mol. The number of pyridine rings is 1. The number of nitrogens with zero attached hydrogens (tertiary/aromatic N) is 1. The Hall–Kier alpha value is -0.290. The topological polar surface area (TPSA) is 12.9 Å². The SMILES string of the molecule is Fc1c(C(F)F)cnc(Cl)c1CBr. The number of hydrogen-bond donors (Lipinski definition) is 0. The van der Waals surface area contributed by atoms with Gasteiger partial charge in [0.1, 0.15) is 11.0 Å². The molecule has 0 aliphatic heterocycles. The van der Waals surface area contributed by atoms with E-state index in [9.17, 15) is 13.2 Å². The van der Waals surface area contributed by atoms with E-state index in [1.54, 1.807) is 0 Å². The van der Waals surface area contributed by atoms with Gasteiger partial charge in [0.25, 0.3) is 6.43 Å². The molecular weight excluding hydrogens is 270 g/mol. The van der Waals surface area contributed by atoms with Gasteiger partial charge in [0, 0.05) is 17.1 Å². The Morgan fingerprint density at radius 1 is 1.54 bits per heavy atom. The summed E-state index contributed by atoms with van der Waals surface area (Å²) in [4.78, 5) is 3.45. The summed E-state index contributed by atoms with van der Waals surface area (Å²) in [6, 6.07) is 0. The van der Waals surface area contributed by atoms with Crippen molar-refractivity contribution >= 4 is 27.5 Å². The lowest BCUT2D eigenvalue weighted by atomic mass is 10.2. The third-order valence-electron chi connectivity index (χ3n) is 1.45. The Kier molecular flexibility index (Phi) is 3.55. The van der Waals surface area contributed by atoms with E-state index in [1.165, 1.54) is 0 Å². The Labute approximate surface area is 86.0 Å². The highest BCUT2D eigenvalue weighted by Gasteiger charge is 2.18. The molecule has 0 amide bonds. The highest BCUT2D eigenvalue weighted by atomic mass is 79.9. The van der Waals surface area contributed by atoms with Gasteiger partial charge in [0.2, 0.25) is 0 Å². The van der Waals surface area contributed by atoms with Crippen molar-refractivity contribution in [1.29, 1.82) is 0 Å². The van der Waals surface area contributed by atoms with Gasteiger partial charge >= 0.3 is 0 Å². The first-order chi connectivity index (χ1) is 6.07. The van der Waals surface area contributed by atoms with Crippen molar-refractivity contribution in [3.05, 3.63) is 28.3 Å². The number of aromatic nitrogens is 1. The molecule has 0 bridgehead atoms. The zero-order valence-electron chi connectivity index (χ0n) is 6.20. The molecule has 13 heavy (non-hydrogen) atoms. The summed E-state index contributed by atoms with van der Waals surface area (Å²) < 4.78 is 37.4. The van der Waals surface area contributed by atoms with Crippen LogP contribution in [0, 0.1) is 5.82 Å². The van der Waals surface area contributed by atoms with Crippen molar-refractivity contribution in [2.75, 3.05) is 0 Å². The highest BCUT2D eigenvalue weighted by Crippen LogP contribution is 2.27. The summed E-state index contributed by atoms with van der Waals surface area (Å²) in [5.74, 6) is -0.994. The van der Waals surface area contributed by atoms with Crippen LogP contribution in [0.2, 0.25) is 5.15 Å². The Bertz CT molecular complexity index is 319. The summed E-state index contributed by atoms with van der Waals surface area (Å²) >= 11 is 8.41. The number of rotatable bonds is 2. The fraction of sp³-hybridized carbons (Fsp3) is 0.286. The van der Waals surface area contributed by atoms with Crippen LogP contribution in [0.25, 0.3) is 0 Å². The number of alkyl halides is 3. The van der Waals surface area contributed by atoms with Crippen LogP contribution >= 0.6 is 27.5 Å². The standard InChI is InChI=1S/C7H4BrClF3N/c8-1-3-5(10)4(7(11)12)2-13-6(3)9/h2,7H,1H2. The lowest BCUT2D eigenvalue weighted by molar-refractivity contribution is 0.145. The molecule has 0 saturated carbocycles. The van der Waals surface area contributed by atoms with Crippen LogP contribution in [-0.2, 0) is 5.33 Å². The first kappa shape index (κ1) is 10.8. The summed E-state index contributed by atoms with van der Waals surface area (Å²) in [5, 5.41) is -0.0376. The van der Waals surface area contributed by atoms with E-state index in [0.29, 0.717) is 0 Å². The molecule has 0 fully saturated rings. The molecule has 0 aliphatic carbocycles. The van der Waals surface area contributed by atoms with Gasteiger partial charge in [0.05, 0.1) is 5.56 Å². The van der Waals surface area contributed by atoms with Crippen molar-refractivity contribution in [3.8, 4) is 0 Å². The van der Waals surface area contributed by atoms with Crippen molar-refractivity contribution in [2.24, 2.45) is 0 Å². The van der Waals surface area contributed by atoms with Gasteiger partial charge in [-0.3, -0.25) is 0 Å². The second kappa shape index (κ2) is 4.28. The van der Waals surface area contributed by atoms with E-state index in [-0.39, 0.29) is 16.0 Å². The zero-order valence-corrected chi connectivity index (χ0v) is 8.54. The average molecular weight is 274 g/mol. The maximum absolute atomic E-state index is 13.2. The lowest BCUT2D eigenvalue weighted by Crippen LogP contribution is -1.98. The third kappa shape index (κ3) is 2.14. The van der Waals surface area contributed by atoms with Gasteiger partial charge in [-0.2, -0.15) is 0 Å². The maximum Gasteiger partial charge on any atom is 0.268 e. The van der Waals surface area contributed by atoms with Gasteiger partial charge < -0.3 is 0 Å². The van der Waals surface area contributed by atoms with Crippen LogP contribution in [0.3, 0.4) is 0 Å². The molecule has 1 aromatic rings. The first-order valence-corrected chi connectivity index (χ1v) is 4.74. The predicted octanol–water partition coefficient (Wildman–Crippen LogP) is 3.71. The fourth-order valence-corrected chi connectivity index (χ4v) is 1.66. The molecule has 0 aromatic carbocycles. The van der Waals surface area contributed by atoms with Crippen molar-refractivity contribution in [2.45, 2.75) is 11.8 Å². The van der Waals surface area contributed by atoms with Crippen molar-refractivity contribution < 1.29 is 13.2 Å². The van der Waals surface area contributed by atoms with Gasteiger partial charge in [-0.05, 0) is 0 Å². The van der Waals surface area contributed by atoms with Crippen molar-refractivity contribution in [1.82, 2.24) is 4.98 Å². The molecule has 0 saturated heterocycles. The summed E-state index contributed by atoms with van der Waals surface area (Å²) in [6.07, 6.45) is -2.13. The normalized spacial score (nSPS) is 10.9. The number of halogens is 5. The van der Waals surface area contributed by atoms with Crippen LogP contribution in [0.15, 0.2) is 6.20 Å². The Morgan fingerprint density at radius 2 is 2.15 bits per heavy atom. The van der Waals surface area contributed by atoms with E-state index >= 15 is 0 Å². The van der Waals surface area contributed by atoms with Crippen LogP contribution in [0.5, 0.6) is 0 Å². The largest absolute Gasteiger partial charge is 0.268 e. The molecule has 0 radical (unpaired) electrons. The summed E-state index contributed by atoms with van der Waals surface area (Å²) in [5.41, 5.74) is -0.765. The molecule has 0 unspecified atom stereocenters. The molecule has 6 heteroatoms. The highest BCUT2D eigenvalue weighted by molar-refractivity contribution is 9.08. The second-order valence-electron chi connectivity index (χ2n) is 2.23. The minimum absolute atomic E-state index is 0.0422. The molecular formula is C7H4BrClF3N. The molecule has 1 rings (SSSR count). The van der Waals surface area contributed by atoms with Crippen LogP contribution < -0.4 is 0 Å². The van der Waals surface area contributed by atoms with E-state index in [2.05, 4.69) is 20.9 Å². The van der Waals surface area contributed by atoms with E-state index in [1.807, 2.05) is 0 Å². The molecule has 1 aromatic heterocycles. The van der Waals surface area contributed by atoms with E-state index < -0.39 is 17.8 Å². The molecule has 0 aliphatic rings.